The second-order valence-corrected chi connectivity index (χ2v) is 3.89. The van der Waals surface area contributed by atoms with Crippen LogP contribution in [0.15, 0.2) is 11.6 Å². The Morgan fingerprint density at radius 2 is 2.00 bits per heavy atom. The molecule has 0 radical (unpaired) electrons. The number of aliphatic hydroxyl groups excluding tert-OH is 1. The van der Waals surface area contributed by atoms with Gasteiger partial charge in [0.25, 0.3) is 0 Å². The molecule has 0 aliphatic carbocycles. The second-order valence-electron chi connectivity index (χ2n) is 3.89. The third-order valence-electron chi connectivity index (χ3n) is 1.95. The fraction of sp³-hybridized carbons (Fsp3) is 0.750. The van der Waals surface area contributed by atoms with Crippen LogP contribution in [0.25, 0.3) is 0 Å². The maximum atomic E-state index is 11.5. The van der Waals surface area contributed by atoms with Gasteiger partial charge in [0.15, 0.2) is 0 Å². The highest BCUT2D eigenvalue weighted by atomic mass is 16.5. The van der Waals surface area contributed by atoms with E-state index in [9.17, 15) is 9.90 Å². The number of carbonyl (C=O) groups is 1. The molecule has 15 heavy (non-hydrogen) atoms. The highest BCUT2D eigenvalue weighted by Gasteiger charge is 2.19. The van der Waals surface area contributed by atoms with Gasteiger partial charge in [-0.2, -0.15) is 0 Å². The van der Waals surface area contributed by atoms with Gasteiger partial charge in [-0.1, -0.05) is 33.3 Å². The molecule has 3 heteroatoms. The number of esters is 1. The van der Waals surface area contributed by atoms with Crippen LogP contribution in [0, 0.1) is 5.92 Å². The van der Waals surface area contributed by atoms with Crippen LogP contribution >= 0.6 is 0 Å². The van der Waals surface area contributed by atoms with Crippen molar-refractivity contribution >= 4 is 5.97 Å². The van der Waals surface area contributed by atoms with Gasteiger partial charge in [-0.15, -0.1) is 0 Å². The molecule has 3 nitrogen and oxygen atoms in total. The van der Waals surface area contributed by atoms with Gasteiger partial charge in [-0.05, 0) is 19.3 Å². The lowest BCUT2D eigenvalue weighted by Gasteiger charge is -2.14. The molecule has 0 aromatic carbocycles. The lowest BCUT2D eigenvalue weighted by Crippen LogP contribution is -2.20. The first-order chi connectivity index (χ1) is 7.02. The molecule has 0 aromatic rings. The van der Waals surface area contributed by atoms with Crippen molar-refractivity contribution in [3.8, 4) is 0 Å². The Morgan fingerprint density at radius 1 is 1.40 bits per heavy atom. The molecule has 1 atom stereocenters. The molecule has 0 heterocycles. The van der Waals surface area contributed by atoms with Crippen LogP contribution < -0.4 is 0 Å². The topological polar surface area (TPSA) is 46.5 Å². The van der Waals surface area contributed by atoms with Crippen molar-refractivity contribution in [1.29, 1.82) is 0 Å². The predicted octanol–water partition coefficient (Wildman–Crippen LogP) is 2.29. The minimum atomic E-state index is -0.698. The summed E-state index contributed by atoms with van der Waals surface area (Å²) in [5, 5.41) is 9.79. The summed E-state index contributed by atoms with van der Waals surface area (Å²) >= 11 is 0. The van der Waals surface area contributed by atoms with Gasteiger partial charge in [-0.3, -0.25) is 0 Å². The average Bonchev–Trinajstić information content (AvgIpc) is 2.14. The zero-order chi connectivity index (χ0) is 11.8. The first-order valence-corrected chi connectivity index (χ1v) is 5.59. The Bertz CT molecular complexity index is 219. The lowest BCUT2D eigenvalue weighted by atomic mass is 10.0. The highest BCUT2D eigenvalue weighted by molar-refractivity contribution is 5.89. The fourth-order valence-corrected chi connectivity index (χ4v) is 1.32. The normalized spacial score (nSPS) is 14.1. The number of rotatable bonds is 6. The van der Waals surface area contributed by atoms with E-state index >= 15 is 0 Å². The Labute approximate surface area is 92.1 Å². The predicted molar refractivity (Wildman–Crippen MR) is 60.5 cm³/mol. The number of ether oxygens (including phenoxy) is 1. The van der Waals surface area contributed by atoms with E-state index in [0.29, 0.717) is 18.6 Å². The Morgan fingerprint density at radius 3 is 2.40 bits per heavy atom. The van der Waals surface area contributed by atoms with E-state index in [1.165, 1.54) is 0 Å². The quantitative estimate of drug-likeness (QED) is 0.545. The molecular formula is C12H22O3. The number of carbonyl (C=O) groups excluding carboxylic acids is 1. The molecule has 1 unspecified atom stereocenters. The average molecular weight is 214 g/mol. The number of hydrogen-bond donors (Lipinski definition) is 1. The number of aliphatic hydroxyl groups is 1. The van der Waals surface area contributed by atoms with E-state index in [2.05, 4.69) is 0 Å². The zero-order valence-electron chi connectivity index (χ0n) is 10.1. The molecule has 88 valence electrons. The summed E-state index contributed by atoms with van der Waals surface area (Å²) in [7, 11) is 0. The van der Waals surface area contributed by atoms with Gasteiger partial charge in [0, 0.05) is 0 Å². The van der Waals surface area contributed by atoms with Gasteiger partial charge in [0.2, 0.25) is 0 Å². The third-order valence-corrected chi connectivity index (χ3v) is 1.95. The number of allylic oxidation sites excluding steroid dienone is 1. The molecule has 0 amide bonds. The molecule has 0 fully saturated rings. The van der Waals surface area contributed by atoms with Gasteiger partial charge >= 0.3 is 5.97 Å². The van der Waals surface area contributed by atoms with Crippen LogP contribution in [0.1, 0.15) is 40.5 Å². The maximum absolute atomic E-state index is 11.5. The van der Waals surface area contributed by atoms with Crippen molar-refractivity contribution in [2.45, 2.75) is 46.6 Å². The van der Waals surface area contributed by atoms with Crippen molar-refractivity contribution < 1.29 is 14.6 Å². The fourth-order valence-electron chi connectivity index (χ4n) is 1.32. The molecule has 0 aliphatic heterocycles. The first-order valence-electron chi connectivity index (χ1n) is 5.59. The van der Waals surface area contributed by atoms with Gasteiger partial charge in [-0.25, -0.2) is 4.79 Å². The number of hydrogen-bond acceptors (Lipinski definition) is 3. The van der Waals surface area contributed by atoms with Crippen LogP contribution in [-0.2, 0) is 9.53 Å². The smallest absolute Gasteiger partial charge is 0.336 e. The third kappa shape index (κ3) is 5.57. The van der Waals surface area contributed by atoms with Crippen LogP contribution in [-0.4, -0.2) is 23.8 Å². The Hall–Kier alpha value is -0.830. The van der Waals surface area contributed by atoms with E-state index in [-0.39, 0.29) is 5.92 Å². The standard InChI is InChI=1S/C12H22O3/c1-5-7-11(13)10(8-9(3)4)12(14)15-6-2/h8-9,11,13H,5-7H2,1-4H3/b10-8+. The second kappa shape index (κ2) is 7.46. The summed E-state index contributed by atoms with van der Waals surface area (Å²) in [4.78, 5) is 11.5. The SMILES string of the molecule is CCCC(O)/C(=C\C(C)C)C(=O)OCC. The monoisotopic (exact) mass is 214 g/mol. The summed E-state index contributed by atoms with van der Waals surface area (Å²) in [5.41, 5.74) is 0.397. The molecule has 0 saturated carbocycles. The van der Waals surface area contributed by atoms with Gasteiger partial charge in [0.1, 0.15) is 0 Å². The van der Waals surface area contributed by atoms with Crippen molar-refractivity contribution in [2.24, 2.45) is 5.92 Å². The molecule has 0 rings (SSSR count). The molecule has 0 saturated heterocycles. The summed E-state index contributed by atoms with van der Waals surface area (Å²) in [5.74, 6) is -0.164. The van der Waals surface area contributed by atoms with Crippen molar-refractivity contribution in [3.63, 3.8) is 0 Å². The Kier molecular flexibility index (Phi) is 7.05. The lowest BCUT2D eigenvalue weighted by molar-refractivity contribution is -0.139. The van der Waals surface area contributed by atoms with Crippen LogP contribution in [0.4, 0.5) is 0 Å². The van der Waals surface area contributed by atoms with Gasteiger partial charge < -0.3 is 9.84 Å². The summed E-state index contributed by atoms with van der Waals surface area (Å²) < 4.78 is 4.91. The molecule has 0 aliphatic rings. The van der Waals surface area contributed by atoms with Crippen molar-refractivity contribution in [2.75, 3.05) is 6.61 Å². The van der Waals surface area contributed by atoms with E-state index in [0.717, 1.165) is 6.42 Å². The van der Waals surface area contributed by atoms with Crippen molar-refractivity contribution in [1.82, 2.24) is 0 Å². The summed E-state index contributed by atoms with van der Waals surface area (Å²) in [6, 6.07) is 0. The van der Waals surface area contributed by atoms with Crippen LogP contribution in [0.3, 0.4) is 0 Å². The van der Waals surface area contributed by atoms with Crippen molar-refractivity contribution in [3.05, 3.63) is 11.6 Å². The van der Waals surface area contributed by atoms with Crippen LogP contribution in [0.2, 0.25) is 0 Å². The minimum Gasteiger partial charge on any atom is -0.463 e. The van der Waals surface area contributed by atoms with E-state index in [4.69, 9.17) is 4.74 Å². The van der Waals surface area contributed by atoms with Gasteiger partial charge in [0.05, 0.1) is 18.3 Å². The first kappa shape index (κ1) is 14.2. The summed E-state index contributed by atoms with van der Waals surface area (Å²) in [6.45, 7) is 8.02. The van der Waals surface area contributed by atoms with E-state index in [1.54, 1.807) is 13.0 Å². The molecule has 0 aromatic heterocycles. The van der Waals surface area contributed by atoms with E-state index < -0.39 is 12.1 Å². The highest BCUT2D eigenvalue weighted by Crippen LogP contribution is 2.13. The molecular weight excluding hydrogens is 192 g/mol. The van der Waals surface area contributed by atoms with E-state index in [1.807, 2.05) is 20.8 Å². The largest absolute Gasteiger partial charge is 0.463 e. The maximum Gasteiger partial charge on any atom is 0.336 e. The minimum absolute atomic E-state index is 0.232. The Balaban J connectivity index is 4.64. The molecule has 1 N–H and O–H groups in total. The zero-order valence-corrected chi connectivity index (χ0v) is 10.1. The van der Waals surface area contributed by atoms with Crippen LogP contribution in [0.5, 0.6) is 0 Å². The molecule has 0 bridgehead atoms. The summed E-state index contributed by atoms with van der Waals surface area (Å²) in [6.07, 6.45) is 2.52. The molecule has 0 spiro atoms.